The standard InChI is InChI=1S/C13H18N2O4S/c1-9-7-10(16)4-5-12(9)13(17)15-6-2-3-11(8-15)20(14,18)19/h4-5,7,11,16H,2-3,6,8H2,1H3,(H2,14,18,19). The van der Waals surface area contributed by atoms with Gasteiger partial charge in [0, 0.05) is 18.7 Å². The van der Waals surface area contributed by atoms with Gasteiger partial charge in [0.1, 0.15) is 5.75 Å². The van der Waals surface area contributed by atoms with E-state index in [0.717, 1.165) is 0 Å². The molecule has 1 atom stereocenters. The second kappa shape index (κ2) is 5.41. The Labute approximate surface area is 118 Å². The fraction of sp³-hybridized carbons (Fsp3) is 0.462. The van der Waals surface area contributed by atoms with Gasteiger partial charge in [-0.1, -0.05) is 0 Å². The van der Waals surface area contributed by atoms with Crippen LogP contribution < -0.4 is 5.14 Å². The van der Waals surface area contributed by atoms with Crippen LogP contribution in [0.1, 0.15) is 28.8 Å². The fourth-order valence-corrected chi connectivity index (χ4v) is 3.33. The zero-order valence-electron chi connectivity index (χ0n) is 11.2. The lowest BCUT2D eigenvalue weighted by molar-refractivity contribution is 0.0726. The number of benzene rings is 1. The van der Waals surface area contributed by atoms with Gasteiger partial charge in [-0.25, -0.2) is 13.6 Å². The van der Waals surface area contributed by atoms with Gasteiger partial charge in [0.05, 0.1) is 5.25 Å². The summed E-state index contributed by atoms with van der Waals surface area (Å²) in [6.07, 6.45) is 1.10. The molecule has 1 heterocycles. The van der Waals surface area contributed by atoms with Gasteiger partial charge in [-0.05, 0) is 43.5 Å². The predicted molar refractivity (Wildman–Crippen MR) is 74.9 cm³/mol. The summed E-state index contributed by atoms with van der Waals surface area (Å²) in [4.78, 5) is 13.9. The Hall–Kier alpha value is -1.60. The monoisotopic (exact) mass is 298 g/mol. The normalized spacial score (nSPS) is 19.9. The number of rotatable bonds is 2. The highest BCUT2D eigenvalue weighted by Crippen LogP contribution is 2.21. The first-order valence-electron chi connectivity index (χ1n) is 6.39. The highest BCUT2D eigenvalue weighted by Gasteiger charge is 2.31. The van der Waals surface area contributed by atoms with E-state index in [4.69, 9.17) is 5.14 Å². The average Bonchev–Trinajstić information content (AvgIpc) is 2.37. The van der Waals surface area contributed by atoms with Crippen LogP contribution in [0.4, 0.5) is 0 Å². The molecule has 2 rings (SSSR count). The zero-order valence-corrected chi connectivity index (χ0v) is 12.1. The number of primary sulfonamides is 1. The van der Waals surface area contributed by atoms with E-state index in [1.807, 2.05) is 0 Å². The third-order valence-electron chi connectivity index (χ3n) is 3.57. The molecule has 1 fully saturated rings. The van der Waals surface area contributed by atoms with Gasteiger partial charge in [-0.3, -0.25) is 4.79 Å². The molecule has 7 heteroatoms. The van der Waals surface area contributed by atoms with Crippen LogP contribution in [-0.2, 0) is 10.0 Å². The number of likely N-dealkylation sites (tertiary alicyclic amines) is 1. The molecule has 1 aliphatic rings. The number of sulfonamides is 1. The number of phenolic OH excluding ortho intramolecular Hbond substituents is 1. The molecule has 1 saturated heterocycles. The minimum absolute atomic E-state index is 0.0973. The maximum absolute atomic E-state index is 12.4. The Morgan fingerprint density at radius 2 is 2.15 bits per heavy atom. The van der Waals surface area contributed by atoms with Crippen LogP contribution in [0.3, 0.4) is 0 Å². The summed E-state index contributed by atoms with van der Waals surface area (Å²) in [7, 11) is -3.63. The van der Waals surface area contributed by atoms with Crippen molar-refractivity contribution in [3.63, 3.8) is 0 Å². The summed E-state index contributed by atoms with van der Waals surface area (Å²) in [6, 6.07) is 4.50. The third-order valence-corrected chi connectivity index (χ3v) is 4.88. The molecule has 0 bridgehead atoms. The smallest absolute Gasteiger partial charge is 0.254 e. The van der Waals surface area contributed by atoms with Crippen molar-refractivity contribution in [1.82, 2.24) is 4.90 Å². The second-order valence-corrected chi connectivity index (χ2v) is 6.95. The SMILES string of the molecule is Cc1cc(O)ccc1C(=O)N1CCCC(S(N)(=O)=O)C1. The predicted octanol–water partition coefficient (Wildman–Crippen LogP) is 0.594. The number of carbonyl (C=O) groups excluding carboxylic acids is 1. The first-order chi connectivity index (χ1) is 9.29. The zero-order chi connectivity index (χ0) is 14.9. The van der Waals surface area contributed by atoms with Crippen LogP contribution in [0, 0.1) is 6.92 Å². The van der Waals surface area contributed by atoms with Crippen molar-refractivity contribution >= 4 is 15.9 Å². The Morgan fingerprint density at radius 3 is 2.75 bits per heavy atom. The van der Waals surface area contributed by atoms with Gasteiger partial charge in [0.25, 0.3) is 5.91 Å². The molecular formula is C13H18N2O4S. The molecule has 0 spiro atoms. The number of amides is 1. The Kier molecular flexibility index (Phi) is 4.01. The molecule has 6 nitrogen and oxygen atoms in total. The molecule has 1 amide bonds. The first kappa shape index (κ1) is 14.8. The molecule has 0 aliphatic carbocycles. The molecule has 20 heavy (non-hydrogen) atoms. The number of aromatic hydroxyl groups is 1. The van der Waals surface area contributed by atoms with Gasteiger partial charge in [-0.15, -0.1) is 0 Å². The summed E-state index contributed by atoms with van der Waals surface area (Å²) in [5.74, 6) is -0.129. The number of aryl methyl sites for hydroxylation is 1. The lowest BCUT2D eigenvalue weighted by atomic mass is 10.0. The minimum atomic E-state index is -3.63. The largest absolute Gasteiger partial charge is 0.508 e. The lowest BCUT2D eigenvalue weighted by Crippen LogP contribution is -2.47. The third kappa shape index (κ3) is 3.10. The Balaban J connectivity index is 2.21. The number of phenols is 1. The minimum Gasteiger partial charge on any atom is -0.508 e. The average molecular weight is 298 g/mol. The number of hydrogen-bond acceptors (Lipinski definition) is 4. The van der Waals surface area contributed by atoms with Crippen molar-refractivity contribution in [2.24, 2.45) is 5.14 Å². The van der Waals surface area contributed by atoms with E-state index in [1.54, 1.807) is 13.0 Å². The van der Waals surface area contributed by atoms with Gasteiger partial charge in [0.2, 0.25) is 10.0 Å². The van der Waals surface area contributed by atoms with Crippen molar-refractivity contribution < 1.29 is 18.3 Å². The van der Waals surface area contributed by atoms with E-state index >= 15 is 0 Å². The van der Waals surface area contributed by atoms with Crippen LogP contribution >= 0.6 is 0 Å². The van der Waals surface area contributed by atoms with E-state index in [-0.39, 0.29) is 18.2 Å². The number of nitrogens with zero attached hydrogens (tertiary/aromatic N) is 1. The molecule has 1 aromatic carbocycles. The Bertz CT molecular complexity index is 627. The van der Waals surface area contributed by atoms with Crippen LogP contribution in [0.2, 0.25) is 0 Å². The van der Waals surface area contributed by atoms with Gasteiger partial charge in [-0.2, -0.15) is 0 Å². The quantitative estimate of drug-likeness (QED) is 0.834. The van der Waals surface area contributed by atoms with E-state index in [0.29, 0.717) is 30.5 Å². The van der Waals surface area contributed by atoms with Gasteiger partial charge < -0.3 is 10.0 Å². The highest BCUT2D eigenvalue weighted by molar-refractivity contribution is 7.89. The van der Waals surface area contributed by atoms with Crippen LogP contribution in [0.15, 0.2) is 18.2 Å². The molecule has 1 unspecified atom stereocenters. The molecule has 0 aromatic heterocycles. The maximum atomic E-state index is 12.4. The summed E-state index contributed by atoms with van der Waals surface area (Å²) in [5, 5.41) is 13.8. The van der Waals surface area contributed by atoms with E-state index in [1.165, 1.54) is 17.0 Å². The van der Waals surface area contributed by atoms with Gasteiger partial charge >= 0.3 is 0 Å². The van der Waals surface area contributed by atoms with Crippen molar-refractivity contribution in [2.75, 3.05) is 13.1 Å². The summed E-state index contributed by atoms with van der Waals surface area (Å²) >= 11 is 0. The summed E-state index contributed by atoms with van der Waals surface area (Å²) in [5.41, 5.74) is 1.13. The second-order valence-electron chi connectivity index (χ2n) is 5.10. The van der Waals surface area contributed by atoms with Crippen molar-refractivity contribution in [2.45, 2.75) is 25.0 Å². The summed E-state index contributed by atoms with van der Waals surface area (Å²) in [6.45, 7) is 2.37. The molecule has 110 valence electrons. The molecule has 0 saturated carbocycles. The van der Waals surface area contributed by atoms with Crippen LogP contribution in [-0.4, -0.2) is 42.7 Å². The fourth-order valence-electron chi connectivity index (χ4n) is 2.45. The maximum Gasteiger partial charge on any atom is 0.254 e. The van der Waals surface area contributed by atoms with E-state index in [9.17, 15) is 18.3 Å². The highest BCUT2D eigenvalue weighted by atomic mass is 32.2. The van der Waals surface area contributed by atoms with Crippen LogP contribution in [0.25, 0.3) is 0 Å². The summed E-state index contributed by atoms with van der Waals surface area (Å²) < 4.78 is 22.8. The van der Waals surface area contributed by atoms with E-state index in [2.05, 4.69) is 0 Å². The molecule has 0 radical (unpaired) electrons. The number of carbonyl (C=O) groups is 1. The first-order valence-corrected chi connectivity index (χ1v) is 8.00. The number of piperidine rings is 1. The number of nitrogens with two attached hydrogens (primary N) is 1. The molecule has 1 aromatic rings. The molecule has 1 aliphatic heterocycles. The lowest BCUT2D eigenvalue weighted by Gasteiger charge is -2.31. The van der Waals surface area contributed by atoms with E-state index < -0.39 is 15.3 Å². The molecular weight excluding hydrogens is 280 g/mol. The van der Waals surface area contributed by atoms with Crippen molar-refractivity contribution in [3.8, 4) is 5.75 Å². The topological polar surface area (TPSA) is 101 Å². The van der Waals surface area contributed by atoms with Gasteiger partial charge in [0.15, 0.2) is 0 Å². The van der Waals surface area contributed by atoms with Crippen molar-refractivity contribution in [3.05, 3.63) is 29.3 Å². The van der Waals surface area contributed by atoms with Crippen LogP contribution in [0.5, 0.6) is 5.75 Å². The molecule has 3 N–H and O–H groups in total. The Morgan fingerprint density at radius 1 is 1.45 bits per heavy atom. The van der Waals surface area contributed by atoms with Crippen molar-refractivity contribution in [1.29, 1.82) is 0 Å². The number of hydrogen-bond donors (Lipinski definition) is 2.